The molecule has 0 aliphatic carbocycles. The Morgan fingerprint density at radius 1 is 0.500 bits per heavy atom. The second-order valence-electron chi connectivity index (χ2n) is 0. The predicted octanol–water partition coefficient (Wildman–Crippen LogP) is -1.84. The Morgan fingerprint density at radius 2 is 0.500 bits per heavy atom. The number of hydrogen-bond acceptors (Lipinski definition) is 2. The topological polar surface area (TPSA) is 0 Å². The first-order valence-electron chi connectivity index (χ1n) is 0. The Hall–Kier alpha value is 2.34. The molecule has 0 aromatic heterocycles. The van der Waals surface area contributed by atoms with Crippen LogP contribution >= 0.6 is 0 Å². The van der Waals surface area contributed by atoms with E-state index in [2.05, 4.69) is 0 Å². The SMILES string of the molecule is [SH-].[SH-].[SbH].[SbH]. The zero-order chi connectivity index (χ0) is 0. The Labute approximate surface area is 74.9 Å². The van der Waals surface area contributed by atoms with Gasteiger partial charge in [0.2, 0.25) is 0 Å². The van der Waals surface area contributed by atoms with Gasteiger partial charge in [-0.15, -0.1) is 0 Å². The Kier molecular flexibility index (Phi) is 152. The average molecular weight is 312 g/mol. The van der Waals surface area contributed by atoms with Crippen LogP contribution in [-0.4, -0.2) is 48.9 Å². The molecule has 0 unspecified atom stereocenters. The van der Waals surface area contributed by atoms with E-state index in [1.807, 2.05) is 0 Å². The van der Waals surface area contributed by atoms with Gasteiger partial charge in [-0.05, 0) is 0 Å². The molecule has 0 heterocycles. The van der Waals surface area contributed by atoms with Crippen molar-refractivity contribution in [3.63, 3.8) is 0 Å². The zero-order valence-corrected chi connectivity index (χ0v) is 9.39. The van der Waals surface area contributed by atoms with Gasteiger partial charge in [0.1, 0.15) is 0 Å². The summed E-state index contributed by atoms with van der Waals surface area (Å²) in [7, 11) is 0. The number of hydrogen-bond donors (Lipinski definition) is 0. The number of rotatable bonds is 0. The summed E-state index contributed by atoms with van der Waals surface area (Å²) in [6.07, 6.45) is 0. The first-order valence-corrected chi connectivity index (χ1v) is 0. The molecule has 0 aliphatic heterocycles. The van der Waals surface area contributed by atoms with Crippen molar-refractivity contribution in [1.29, 1.82) is 0 Å². The van der Waals surface area contributed by atoms with Crippen LogP contribution in [0.2, 0.25) is 0 Å². The van der Waals surface area contributed by atoms with E-state index >= 15 is 0 Å². The van der Waals surface area contributed by atoms with Crippen molar-refractivity contribution in [3.8, 4) is 0 Å². The van der Waals surface area contributed by atoms with Gasteiger partial charge in [0.15, 0.2) is 0 Å². The van der Waals surface area contributed by atoms with Crippen molar-refractivity contribution in [2.75, 3.05) is 0 Å². The summed E-state index contributed by atoms with van der Waals surface area (Å²) < 4.78 is 0. The summed E-state index contributed by atoms with van der Waals surface area (Å²) in [4.78, 5) is 0. The molecule has 4 heteroatoms. The van der Waals surface area contributed by atoms with Crippen molar-refractivity contribution in [3.05, 3.63) is 0 Å². The summed E-state index contributed by atoms with van der Waals surface area (Å²) in [5.74, 6) is 0. The van der Waals surface area contributed by atoms with E-state index in [0.29, 0.717) is 0 Å². The maximum absolute atomic E-state index is 0. The zero-order valence-electron chi connectivity index (χ0n) is 1.89. The monoisotopic (exact) mass is 310 g/mol. The van der Waals surface area contributed by atoms with Crippen LogP contribution in [0.1, 0.15) is 0 Å². The molecule has 4 radical (unpaired) electrons. The van der Waals surface area contributed by atoms with Crippen molar-refractivity contribution >= 4 is 75.8 Å². The molecular formula is H4S2Sb2-2. The molecule has 0 aromatic rings. The maximum atomic E-state index is 0. The van der Waals surface area contributed by atoms with Gasteiger partial charge in [-0.1, -0.05) is 0 Å². The fourth-order valence-corrected chi connectivity index (χ4v) is 0. The Bertz CT molecular complexity index is 4.00. The average Bonchev–Trinajstić information content (AvgIpc) is 0. The third-order valence-corrected chi connectivity index (χ3v) is 0. The molecule has 4 heavy (non-hydrogen) atoms. The molecule has 0 atom stereocenters. The molecule has 28 valence electrons. The van der Waals surface area contributed by atoms with Crippen molar-refractivity contribution < 1.29 is 0 Å². The van der Waals surface area contributed by atoms with E-state index in [1.165, 1.54) is 0 Å². The van der Waals surface area contributed by atoms with Crippen LogP contribution in [0.25, 0.3) is 0 Å². The molecule has 0 N–H and O–H groups in total. The van der Waals surface area contributed by atoms with Gasteiger partial charge in [-0.2, -0.15) is 0 Å². The molecule has 0 nitrogen and oxygen atoms in total. The van der Waals surface area contributed by atoms with Crippen molar-refractivity contribution in [1.82, 2.24) is 0 Å². The van der Waals surface area contributed by atoms with Crippen LogP contribution < -0.4 is 0 Å². The molecule has 0 saturated heterocycles. The minimum atomic E-state index is 0. The normalized spacial score (nSPS) is 0. The summed E-state index contributed by atoms with van der Waals surface area (Å²) in [5, 5.41) is 0. The predicted molar refractivity (Wildman–Crippen MR) is 31.8 cm³/mol. The fraction of sp³-hybridized carbons (Fsp3) is 0. The molecule has 0 aliphatic rings. The molecule has 0 bridgehead atoms. The first-order chi connectivity index (χ1) is 0. The van der Waals surface area contributed by atoms with Crippen molar-refractivity contribution in [2.24, 2.45) is 0 Å². The van der Waals surface area contributed by atoms with Gasteiger partial charge in [0.25, 0.3) is 0 Å². The molecule has 0 aromatic carbocycles. The second kappa shape index (κ2) is 18.4. The van der Waals surface area contributed by atoms with Gasteiger partial charge in [-0.25, -0.2) is 0 Å². The molecule has 0 saturated carbocycles. The molecular weight excluding hydrogens is 308 g/mol. The van der Waals surface area contributed by atoms with Gasteiger partial charge in [0.05, 0.1) is 0 Å². The van der Waals surface area contributed by atoms with Crippen LogP contribution in [0.3, 0.4) is 0 Å². The number of thiol groups is 2. The van der Waals surface area contributed by atoms with E-state index in [0.717, 1.165) is 0 Å². The van der Waals surface area contributed by atoms with E-state index in [-0.39, 0.29) is 75.8 Å². The summed E-state index contributed by atoms with van der Waals surface area (Å²) >= 11 is 0. The third kappa shape index (κ3) is 8.84. The Morgan fingerprint density at radius 3 is 0.500 bits per heavy atom. The van der Waals surface area contributed by atoms with Crippen LogP contribution in [0, 0.1) is 0 Å². The fourth-order valence-electron chi connectivity index (χ4n) is 0. The van der Waals surface area contributed by atoms with E-state index in [9.17, 15) is 0 Å². The third-order valence-electron chi connectivity index (χ3n) is 0. The van der Waals surface area contributed by atoms with Gasteiger partial charge in [-0.3, -0.25) is 0 Å². The standard InChI is InChI=1S/2H2S.2Sb.2H/h2*1H2;;;;/p-2. The Balaban J connectivity index is 0. The van der Waals surface area contributed by atoms with E-state index in [1.54, 1.807) is 0 Å². The second-order valence-corrected chi connectivity index (χ2v) is 0. The van der Waals surface area contributed by atoms with Gasteiger partial charge < -0.3 is 27.0 Å². The van der Waals surface area contributed by atoms with E-state index < -0.39 is 0 Å². The van der Waals surface area contributed by atoms with Crippen LogP contribution in [0.15, 0.2) is 0 Å². The van der Waals surface area contributed by atoms with E-state index in [4.69, 9.17) is 0 Å². The van der Waals surface area contributed by atoms with Crippen LogP contribution in [0.5, 0.6) is 0 Å². The quantitative estimate of drug-likeness (QED) is 0.293. The van der Waals surface area contributed by atoms with Crippen LogP contribution in [0.4, 0.5) is 0 Å². The van der Waals surface area contributed by atoms with Crippen molar-refractivity contribution in [2.45, 2.75) is 0 Å². The van der Waals surface area contributed by atoms with Gasteiger partial charge in [0, 0.05) is 0 Å². The summed E-state index contributed by atoms with van der Waals surface area (Å²) in [6.45, 7) is 0. The summed E-state index contributed by atoms with van der Waals surface area (Å²) in [5.41, 5.74) is 0. The minimum absolute atomic E-state index is 0. The molecule has 0 amide bonds. The summed E-state index contributed by atoms with van der Waals surface area (Å²) in [6, 6.07) is 0. The molecule has 0 spiro atoms. The molecule has 0 rings (SSSR count). The molecule has 0 fully saturated rings. The van der Waals surface area contributed by atoms with Crippen LogP contribution in [-0.2, 0) is 27.0 Å². The first kappa shape index (κ1) is 33.1. The van der Waals surface area contributed by atoms with Gasteiger partial charge >= 0.3 is 48.9 Å².